The van der Waals surface area contributed by atoms with E-state index in [1.54, 1.807) is 6.08 Å². The minimum Gasteiger partial charge on any atom is -0.394 e. The van der Waals surface area contributed by atoms with E-state index < -0.39 is 86.8 Å². The van der Waals surface area contributed by atoms with Crippen LogP contribution in [0, 0.1) is 0 Å². The summed E-state index contributed by atoms with van der Waals surface area (Å²) in [6.45, 7) is 2.87. The Hall–Kier alpha value is -1.53. The average Bonchev–Trinajstić information content (AvgIpc) is 0.791. The van der Waals surface area contributed by atoms with Crippen molar-refractivity contribution in [2.75, 3.05) is 19.8 Å². The minimum absolute atomic E-state index is 0.238. The number of unbranched alkanes of at least 4 members (excludes halogenated alkanes) is 63. The number of aliphatic hydroxyl groups excluding tert-OH is 8. The SMILES string of the molecule is CCCCCCCCCCCCCCCCCCCCCCCC/C=C/CC/C=C/C(O)C(COC1OC(CO)C(OC2OC(CO)C(O)C(O)C2O)C(O)C1O)NC(=O)CCCCCCCCCCCCCCCCCCCCCCCCCCCCCCCCCCCCCCCCCCC. The number of rotatable bonds is 78. The second-order valence-electron chi connectivity index (χ2n) is 32.1. The summed E-state index contributed by atoms with van der Waals surface area (Å²) >= 11 is 0. The van der Waals surface area contributed by atoms with E-state index in [0.717, 1.165) is 32.1 Å². The van der Waals surface area contributed by atoms with Gasteiger partial charge < -0.3 is 65.1 Å². The molecule has 0 radical (unpaired) electrons. The topological polar surface area (TPSA) is 228 Å². The smallest absolute Gasteiger partial charge is 0.220 e. The number of aliphatic hydroxyl groups is 8. The quantitative estimate of drug-likeness (QED) is 0.0204. The first kappa shape index (κ1) is 97.5. The standard InChI is InChI=1S/C89H171NO13/c1-3-5-7-9-11-13-15-17-19-21-23-25-27-29-31-33-34-35-36-37-38-39-40-41-42-43-44-45-47-49-51-53-55-57-59-61-63-65-67-69-71-73-81(94)90-77(76-100-88-86(99)84(97)87(80(75-92)102-88)103-89-85(98)83(96)82(95)79(74-91)101-89)78(93)72-70-68-66-64-62-60-58-56-54-52-50-48-46-32-30-28-26-24-22-20-18-16-14-12-10-8-6-4-2/h62,64,70,72,77-80,82-89,91-93,95-99H,3-61,63,65-69,71,73-76H2,1-2H3,(H,90,94)/b64-62+,72-70+. The van der Waals surface area contributed by atoms with Crippen molar-refractivity contribution in [1.82, 2.24) is 5.32 Å². The lowest BCUT2D eigenvalue weighted by Crippen LogP contribution is -2.65. The Morgan fingerprint density at radius 2 is 0.621 bits per heavy atom. The van der Waals surface area contributed by atoms with Crippen LogP contribution in [-0.4, -0.2) is 140 Å². The number of allylic oxidation sites excluding steroid dienone is 3. The summed E-state index contributed by atoms with van der Waals surface area (Å²) in [5.74, 6) is -0.238. The van der Waals surface area contributed by atoms with E-state index >= 15 is 0 Å². The maximum atomic E-state index is 13.4. The van der Waals surface area contributed by atoms with Gasteiger partial charge in [0.15, 0.2) is 12.6 Å². The maximum absolute atomic E-state index is 13.4. The average molecular weight is 1460 g/mol. The van der Waals surface area contributed by atoms with Crippen molar-refractivity contribution >= 4 is 5.91 Å². The summed E-state index contributed by atoms with van der Waals surface area (Å²) in [6, 6.07) is -0.931. The van der Waals surface area contributed by atoms with Crippen molar-refractivity contribution in [2.24, 2.45) is 0 Å². The van der Waals surface area contributed by atoms with Crippen molar-refractivity contribution in [3.63, 3.8) is 0 Å². The number of nitrogens with one attached hydrogen (secondary N) is 1. The number of carbonyl (C=O) groups excluding carboxylic acids is 1. The summed E-state index contributed by atoms with van der Waals surface area (Å²) in [5.41, 5.74) is 0. The molecule has 610 valence electrons. The van der Waals surface area contributed by atoms with E-state index in [-0.39, 0.29) is 18.9 Å². The second-order valence-corrected chi connectivity index (χ2v) is 32.1. The molecule has 0 aromatic heterocycles. The third kappa shape index (κ3) is 55.5. The lowest BCUT2D eigenvalue weighted by Gasteiger charge is -2.46. The molecule has 9 N–H and O–H groups in total. The molecule has 0 aliphatic carbocycles. The lowest BCUT2D eigenvalue weighted by molar-refractivity contribution is -0.359. The van der Waals surface area contributed by atoms with E-state index in [1.165, 1.54) is 379 Å². The number of amides is 1. The van der Waals surface area contributed by atoms with Gasteiger partial charge in [-0.3, -0.25) is 4.79 Å². The van der Waals surface area contributed by atoms with Gasteiger partial charge in [0.1, 0.15) is 48.8 Å². The number of carbonyl (C=O) groups is 1. The highest BCUT2D eigenvalue weighted by Crippen LogP contribution is 2.31. The van der Waals surface area contributed by atoms with Crippen molar-refractivity contribution in [2.45, 2.75) is 518 Å². The number of hydrogen-bond donors (Lipinski definition) is 9. The minimum atomic E-state index is -1.79. The molecular formula is C89H171NO13. The van der Waals surface area contributed by atoms with Gasteiger partial charge in [-0.15, -0.1) is 0 Å². The largest absolute Gasteiger partial charge is 0.394 e. The Balaban J connectivity index is 1.55. The van der Waals surface area contributed by atoms with Crippen molar-refractivity contribution < 1.29 is 64.6 Å². The van der Waals surface area contributed by atoms with Crippen LogP contribution in [-0.2, 0) is 23.7 Å². The van der Waals surface area contributed by atoms with Gasteiger partial charge in [0.2, 0.25) is 5.91 Å². The van der Waals surface area contributed by atoms with E-state index in [0.29, 0.717) is 12.8 Å². The summed E-state index contributed by atoms with van der Waals surface area (Å²) in [6.07, 6.45) is 80.3. The Morgan fingerprint density at radius 1 is 0.340 bits per heavy atom. The van der Waals surface area contributed by atoms with Crippen LogP contribution in [0.4, 0.5) is 0 Å². The molecule has 2 fully saturated rings. The van der Waals surface area contributed by atoms with E-state index in [4.69, 9.17) is 18.9 Å². The van der Waals surface area contributed by atoms with Crippen LogP contribution < -0.4 is 5.32 Å². The number of ether oxygens (including phenoxy) is 4. The lowest BCUT2D eigenvalue weighted by atomic mass is 9.97. The molecule has 0 spiro atoms. The Morgan fingerprint density at radius 3 is 0.951 bits per heavy atom. The molecule has 2 heterocycles. The first-order valence-electron chi connectivity index (χ1n) is 45.1. The van der Waals surface area contributed by atoms with Gasteiger partial charge in [0.25, 0.3) is 0 Å². The molecule has 14 nitrogen and oxygen atoms in total. The van der Waals surface area contributed by atoms with Gasteiger partial charge in [-0.2, -0.15) is 0 Å². The van der Waals surface area contributed by atoms with E-state index in [9.17, 15) is 45.6 Å². The molecule has 1 amide bonds. The fourth-order valence-corrected chi connectivity index (χ4v) is 15.3. The predicted octanol–water partition coefficient (Wildman–Crippen LogP) is 21.8. The summed E-state index contributed by atoms with van der Waals surface area (Å²) in [4.78, 5) is 13.4. The van der Waals surface area contributed by atoms with Crippen molar-refractivity contribution in [1.29, 1.82) is 0 Å². The normalized spacial score (nSPS) is 21.6. The zero-order valence-electron chi connectivity index (χ0n) is 67.4. The summed E-state index contributed by atoms with van der Waals surface area (Å²) in [5, 5.41) is 87.8. The first-order valence-corrected chi connectivity index (χ1v) is 45.1. The molecule has 12 unspecified atom stereocenters. The van der Waals surface area contributed by atoms with E-state index in [1.807, 2.05) is 6.08 Å². The van der Waals surface area contributed by atoms with Crippen LogP contribution in [0.25, 0.3) is 0 Å². The van der Waals surface area contributed by atoms with Crippen LogP contribution in [0.2, 0.25) is 0 Å². The fourth-order valence-electron chi connectivity index (χ4n) is 15.3. The first-order chi connectivity index (χ1) is 50.6. The predicted molar refractivity (Wildman–Crippen MR) is 429 cm³/mol. The van der Waals surface area contributed by atoms with Crippen LogP contribution in [0.5, 0.6) is 0 Å². The third-order valence-corrected chi connectivity index (χ3v) is 22.4. The van der Waals surface area contributed by atoms with Crippen LogP contribution >= 0.6 is 0 Å². The van der Waals surface area contributed by atoms with Crippen molar-refractivity contribution in [3.05, 3.63) is 24.3 Å². The van der Waals surface area contributed by atoms with E-state index in [2.05, 4.69) is 31.3 Å². The van der Waals surface area contributed by atoms with Gasteiger partial charge in [-0.05, 0) is 32.1 Å². The molecule has 12 atom stereocenters. The monoisotopic (exact) mass is 1460 g/mol. The molecular weight excluding hydrogens is 1290 g/mol. The molecule has 2 rings (SSSR count). The molecule has 2 aliphatic heterocycles. The Labute approximate surface area is 634 Å². The van der Waals surface area contributed by atoms with Gasteiger partial charge in [-0.1, -0.05) is 430 Å². The highest BCUT2D eigenvalue weighted by atomic mass is 16.7. The second kappa shape index (κ2) is 73.3. The van der Waals surface area contributed by atoms with Crippen molar-refractivity contribution in [3.8, 4) is 0 Å². The third-order valence-electron chi connectivity index (χ3n) is 22.4. The molecule has 14 heteroatoms. The molecule has 0 aromatic rings. The van der Waals surface area contributed by atoms with Gasteiger partial charge >= 0.3 is 0 Å². The molecule has 103 heavy (non-hydrogen) atoms. The van der Waals surface area contributed by atoms with Crippen LogP contribution in [0.15, 0.2) is 24.3 Å². The van der Waals surface area contributed by atoms with Gasteiger partial charge in [0.05, 0.1) is 32.0 Å². The number of hydrogen-bond acceptors (Lipinski definition) is 13. The molecule has 0 saturated carbocycles. The summed E-state index contributed by atoms with van der Waals surface area (Å²) in [7, 11) is 0. The highest BCUT2D eigenvalue weighted by Gasteiger charge is 2.51. The van der Waals surface area contributed by atoms with Crippen LogP contribution in [0.1, 0.15) is 444 Å². The van der Waals surface area contributed by atoms with Gasteiger partial charge in [0, 0.05) is 6.42 Å². The Kier molecular flexibility index (Phi) is 69.4. The molecule has 0 aromatic carbocycles. The molecule has 2 aliphatic rings. The maximum Gasteiger partial charge on any atom is 0.220 e. The highest BCUT2D eigenvalue weighted by molar-refractivity contribution is 5.76. The zero-order chi connectivity index (χ0) is 74.4. The molecule has 0 bridgehead atoms. The Bertz CT molecular complexity index is 1820. The molecule has 2 saturated heterocycles. The zero-order valence-corrected chi connectivity index (χ0v) is 67.4. The summed E-state index contributed by atoms with van der Waals surface area (Å²) < 4.78 is 22.9. The van der Waals surface area contributed by atoms with Gasteiger partial charge in [-0.25, -0.2) is 0 Å². The fraction of sp³-hybridized carbons (Fsp3) is 0.944. The van der Waals surface area contributed by atoms with Crippen LogP contribution in [0.3, 0.4) is 0 Å².